The molecule has 8 heteroatoms. The number of aliphatic hydroxyl groups excluding tert-OH is 2. The molecule has 0 aromatic carbocycles. The predicted molar refractivity (Wildman–Crippen MR) is 98.9 cm³/mol. The number of pyridine rings is 1. The summed E-state index contributed by atoms with van der Waals surface area (Å²) in [4.78, 5) is 16.5. The van der Waals surface area contributed by atoms with Gasteiger partial charge in [-0.25, -0.2) is 18.3 Å². The number of carbonyl (C=O) groups excluding carboxylic acids is 1. The Labute approximate surface area is 157 Å². The zero-order valence-electron chi connectivity index (χ0n) is 15.8. The molecule has 1 unspecified atom stereocenters. The van der Waals surface area contributed by atoms with Gasteiger partial charge in [0.25, 0.3) is 0 Å². The smallest absolute Gasteiger partial charge is 0.356 e. The maximum Gasteiger partial charge on any atom is 0.356 e. The lowest BCUT2D eigenvalue weighted by Gasteiger charge is -2.30. The van der Waals surface area contributed by atoms with Gasteiger partial charge in [-0.2, -0.15) is 0 Å². The minimum absolute atomic E-state index is 0.0554. The van der Waals surface area contributed by atoms with E-state index in [0.717, 1.165) is 11.1 Å². The van der Waals surface area contributed by atoms with Crippen LogP contribution in [0.1, 0.15) is 67.5 Å². The summed E-state index contributed by atoms with van der Waals surface area (Å²) in [6.45, 7) is 7.92. The fraction of sp³-hybridized carbons (Fsp3) is 0.667. The first kappa shape index (κ1) is 21.0. The number of rotatable bonds is 7. The minimum Gasteiger partial charge on any atom is -0.461 e. The zero-order valence-corrected chi connectivity index (χ0v) is 16.6. The van der Waals surface area contributed by atoms with Crippen LogP contribution in [0.15, 0.2) is 6.07 Å². The first-order chi connectivity index (χ1) is 12.2. The topological polar surface area (TPSA) is 100.0 Å². The Bertz CT molecular complexity index is 687. The van der Waals surface area contributed by atoms with E-state index in [9.17, 15) is 19.2 Å². The van der Waals surface area contributed by atoms with Crippen molar-refractivity contribution in [2.45, 2.75) is 57.9 Å². The predicted octanol–water partition coefficient (Wildman–Crippen LogP) is 1.49. The molecule has 26 heavy (non-hydrogen) atoms. The number of aromatic nitrogens is 1. The molecule has 1 aromatic rings. The van der Waals surface area contributed by atoms with E-state index in [1.165, 1.54) is 0 Å². The molecule has 1 aromatic heterocycles. The first-order valence-corrected chi connectivity index (χ1v) is 9.95. The summed E-state index contributed by atoms with van der Waals surface area (Å²) in [5.41, 5.74) is 2.50. The summed E-state index contributed by atoms with van der Waals surface area (Å²) in [6.07, 6.45) is 0.696. The molecule has 0 bridgehead atoms. The Kier molecular flexibility index (Phi) is 6.90. The Morgan fingerprint density at radius 3 is 2.62 bits per heavy atom. The van der Waals surface area contributed by atoms with Gasteiger partial charge in [0.15, 0.2) is 0 Å². The number of fused-ring (bicyclic) bond motifs is 1. The van der Waals surface area contributed by atoms with Gasteiger partial charge >= 0.3 is 5.97 Å². The summed E-state index contributed by atoms with van der Waals surface area (Å²) in [7, 11) is -1.29. The van der Waals surface area contributed by atoms with E-state index in [-0.39, 0.29) is 38.0 Å². The zero-order chi connectivity index (χ0) is 19.5. The molecule has 0 saturated carbocycles. The van der Waals surface area contributed by atoms with Crippen molar-refractivity contribution in [1.29, 1.82) is 0 Å². The molecule has 0 amide bonds. The van der Waals surface area contributed by atoms with E-state index in [1.54, 1.807) is 13.0 Å². The molecule has 1 aliphatic heterocycles. The van der Waals surface area contributed by atoms with Crippen LogP contribution in [0.25, 0.3) is 0 Å². The Morgan fingerprint density at radius 1 is 1.38 bits per heavy atom. The van der Waals surface area contributed by atoms with E-state index in [2.05, 4.69) is 4.98 Å². The highest BCUT2D eigenvalue weighted by atomic mass is 32.2. The summed E-state index contributed by atoms with van der Waals surface area (Å²) < 4.78 is 19.4. The van der Waals surface area contributed by atoms with Gasteiger partial charge in [-0.1, -0.05) is 0 Å². The van der Waals surface area contributed by atoms with Crippen molar-refractivity contribution >= 4 is 17.0 Å². The highest BCUT2D eigenvalue weighted by Crippen LogP contribution is 2.41. The molecule has 2 heterocycles. The van der Waals surface area contributed by atoms with Gasteiger partial charge < -0.3 is 14.9 Å². The number of nitrogens with zero attached hydrogens (tertiary/aromatic N) is 2. The Morgan fingerprint density at radius 2 is 2.08 bits per heavy atom. The van der Waals surface area contributed by atoms with Crippen molar-refractivity contribution < 1.29 is 24.0 Å². The minimum atomic E-state index is -1.29. The highest BCUT2D eigenvalue weighted by molar-refractivity contribution is 7.84. The number of aliphatic hydroxyl groups is 2. The summed E-state index contributed by atoms with van der Waals surface area (Å²) in [5, 5.41) is 18.9. The molecule has 146 valence electrons. The van der Waals surface area contributed by atoms with Crippen LogP contribution in [0.5, 0.6) is 0 Å². The largest absolute Gasteiger partial charge is 0.461 e. The fourth-order valence-corrected chi connectivity index (χ4v) is 4.57. The molecule has 0 radical (unpaired) electrons. The van der Waals surface area contributed by atoms with Crippen LogP contribution >= 0.6 is 0 Å². The van der Waals surface area contributed by atoms with Gasteiger partial charge in [0.1, 0.15) is 16.7 Å². The van der Waals surface area contributed by atoms with E-state index < -0.39 is 21.7 Å². The molecule has 0 aliphatic carbocycles. The highest BCUT2D eigenvalue weighted by Gasteiger charge is 2.40. The molecule has 0 fully saturated rings. The monoisotopic (exact) mass is 384 g/mol. The van der Waals surface area contributed by atoms with Crippen LogP contribution < -0.4 is 0 Å². The third-order valence-corrected chi connectivity index (χ3v) is 6.06. The molecular weight excluding hydrogens is 356 g/mol. The number of esters is 1. The maximum atomic E-state index is 13.0. The van der Waals surface area contributed by atoms with Gasteiger partial charge in [-0.3, -0.25) is 0 Å². The normalized spacial score (nSPS) is 18.6. The van der Waals surface area contributed by atoms with Crippen LogP contribution in [-0.4, -0.2) is 54.2 Å². The average molecular weight is 384 g/mol. The molecule has 0 spiro atoms. The van der Waals surface area contributed by atoms with Crippen molar-refractivity contribution in [3.63, 3.8) is 0 Å². The number of carbonyl (C=O) groups is 1. The SMILES string of the molecule is CCOC(=O)c1cc2c(c(CCO)n1)[C@H](CCO)N(S(=O)C(C)(C)C)C2. The maximum absolute atomic E-state index is 13.0. The van der Waals surface area contributed by atoms with E-state index >= 15 is 0 Å². The van der Waals surface area contributed by atoms with Crippen molar-refractivity contribution in [3.05, 3.63) is 28.6 Å². The number of ether oxygens (including phenoxy) is 1. The molecule has 0 saturated heterocycles. The second kappa shape index (κ2) is 8.56. The Balaban J connectivity index is 2.52. The number of hydrogen-bond donors (Lipinski definition) is 2. The lowest BCUT2D eigenvalue weighted by atomic mass is 9.98. The second-order valence-electron chi connectivity index (χ2n) is 7.19. The Hall–Kier alpha value is -1.35. The van der Waals surface area contributed by atoms with Gasteiger partial charge in [0, 0.05) is 31.9 Å². The summed E-state index contributed by atoms with van der Waals surface area (Å²) >= 11 is 0. The van der Waals surface area contributed by atoms with Gasteiger partial charge in [0.2, 0.25) is 0 Å². The second-order valence-corrected chi connectivity index (χ2v) is 9.38. The van der Waals surface area contributed by atoms with Crippen LogP contribution in [0, 0.1) is 0 Å². The summed E-state index contributed by atoms with van der Waals surface area (Å²) in [6, 6.07) is 1.42. The van der Waals surface area contributed by atoms with Crippen LogP contribution in [0.3, 0.4) is 0 Å². The van der Waals surface area contributed by atoms with Crippen molar-refractivity contribution in [3.8, 4) is 0 Å². The third-order valence-electron chi connectivity index (χ3n) is 4.20. The number of hydrogen-bond acceptors (Lipinski definition) is 6. The quantitative estimate of drug-likeness (QED) is 0.691. The lowest BCUT2D eigenvalue weighted by molar-refractivity contribution is 0.0519. The fourth-order valence-electron chi connectivity index (χ4n) is 3.17. The van der Waals surface area contributed by atoms with Crippen LogP contribution in [0.4, 0.5) is 0 Å². The van der Waals surface area contributed by atoms with Crippen molar-refractivity contribution in [2.24, 2.45) is 0 Å². The van der Waals surface area contributed by atoms with Gasteiger partial charge in [-0.15, -0.1) is 0 Å². The lowest BCUT2D eigenvalue weighted by Crippen LogP contribution is -2.37. The first-order valence-electron chi connectivity index (χ1n) is 8.84. The molecule has 7 nitrogen and oxygen atoms in total. The van der Waals surface area contributed by atoms with Crippen LogP contribution in [-0.2, 0) is 28.7 Å². The van der Waals surface area contributed by atoms with Crippen LogP contribution in [0.2, 0.25) is 0 Å². The molecule has 1 aliphatic rings. The van der Waals surface area contributed by atoms with Crippen molar-refractivity contribution in [1.82, 2.24) is 9.29 Å². The van der Waals surface area contributed by atoms with E-state index in [0.29, 0.717) is 18.7 Å². The standard InChI is InChI=1S/C18H28N2O5S/c1-5-25-17(23)14-10-12-11-20(26(24)18(2,3)4)15(7-9-22)16(12)13(19-14)6-8-21/h10,15,21-22H,5-9,11H2,1-4H3/t15-,26?/m0/s1. The summed E-state index contributed by atoms with van der Waals surface area (Å²) in [5.74, 6) is -0.511. The average Bonchev–Trinajstić information content (AvgIpc) is 2.92. The molecule has 2 atom stereocenters. The molecular formula is C18H28N2O5S. The van der Waals surface area contributed by atoms with Crippen molar-refractivity contribution in [2.75, 3.05) is 19.8 Å². The molecule has 2 N–H and O–H groups in total. The van der Waals surface area contributed by atoms with Gasteiger partial charge in [-0.05, 0) is 51.3 Å². The van der Waals surface area contributed by atoms with Gasteiger partial charge in [0.05, 0.1) is 17.4 Å². The van der Waals surface area contributed by atoms with E-state index in [4.69, 9.17) is 4.74 Å². The molecule has 2 rings (SSSR count). The third kappa shape index (κ3) is 4.31. The van der Waals surface area contributed by atoms with E-state index in [1.807, 2.05) is 25.1 Å².